The summed E-state index contributed by atoms with van der Waals surface area (Å²) >= 11 is 3.40. The van der Waals surface area contributed by atoms with Crippen molar-refractivity contribution in [2.75, 3.05) is 5.32 Å². The first kappa shape index (κ1) is 14.5. The van der Waals surface area contributed by atoms with Crippen molar-refractivity contribution in [3.05, 3.63) is 57.7 Å². The first-order chi connectivity index (χ1) is 9.45. The molecule has 0 fully saturated rings. The monoisotopic (exact) mass is 334 g/mol. The molecule has 1 atom stereocenters. The number of aryl methyl sites for hydroxylation is 1. The molecule has 1 aromatic carbocycles. The summed E-state index contributed by atoms with van der Waals surface area (Å²) in [6.07, 6.45) is 0. The molecular formula is C15H15BrN2O2. The van der Waals surface area contributed by atoms with Crippen molar-refractivity contribution in [2.24, 2.45) is 0 Å². The Hall–Kier alpha value is -1.88. The van der Waals surface area contributed by atoms with E-state index < -0.39 is 5.97 Å². The van der Waals surface area contributed by atoms with Gasteiger partial charge in [0.1, 0.15) is 5.82 Å². The average Bonchev–Trinajstić information content (AvgIpc) is 2.38. The third-order valence-corrected chi connectivity index (χ3v) is 3.46. The first-order valence-corrected chi connectivity index (χ1v) is 6.99. The maximum atomic E-state index is 11.0. The SMILES string of the molecule is Cc1cc(C(=O)O)cc(NC(C)c2ccc(Br)cc2)n1. The van der Waals surface area contributed by atoms with Gasteiger partial charge in [0.05, 0.1) is 5.56 Å². The average molecular weight is 335 g/mol. The summed E-state index contributed by atoms with van der Waals surface area (Å²) < 4.78 is 1.02. The fourth-order valence-electron chi connectivity index (χ4n) is 1.92. The summed E-state index contributed by atoms with van der Waals surface area (Å²) in [6, 6.07) is 11.1. The zero-order valence-corrected chi connectivity index (χ0v) is 12.8. The number of anilines is 1. The maximum absolute atomic E-state index is 11.0. The standard InChI is InChI=1S/C15H15BrN2O2/c1-9-7-12(15(19)20)8-14(17-9)18-10(2)11-3-5-13(16)6-4-11/h3-8,10H,1-2H3,(H,17,18)(H,19,20). The van der Waals surface area contributed by atoms with Crippen molar-refractivity contribution in [1.82, 2.24) is 4.98 Å². The van der Waals surface area contributed by atoms with Crippen LogP contribution >= 0.6 is 15.9 Å². The number of nitrogens with zero attached hydrogens (tertiary/aromatic N) is 1. The summed E-state index contributed by atoms with van der Waals surface area (Å²) in [5.41, 5.74) is 2.02. The van der Waals surface area contributed by atoms with E-state index in [1.807, 2.05) is 31.2 Å². The van der Waals surface area contributed by atoms with E-state index in [4.69, 9.17) is 5.11 Å². The van der Waals surface area contributed by atoms with Gasteiger partial charge < -0.3 is 10.4 Å². The van der Waals surface area contributed by atoms with Crippen molar-refractivity contribution >= 4 is 27.7 Å². The molecule has 0 radical (unpaired) electrons. The lowest BCUT2D eigenvalue weighted by molar-refractivity contribution is 0.0696. The van der Waals surface area contributed by atoms with Crippen LogP contribution in [0.15, 0.2) is 40.9 Å². The fourth-order valence-corrected chi connectivity index (χ4v) is 2.19. The number of carboxylic acid groups (broad SMARTS) is 1. The van der Waals surface area contributed by atoms with Gasteiger partial charge >= 0.3 is 5.97 Å². The molecule has 1 aromatic heterocycles. The van der Waals surface area contributed by atoms with Gasteiger partial charge in [-0.2, -0.15) is 0 Å². The van der Waals surface area contributed by atoms with E-state index in [0.717, 1.165) is 10.0 Å². The van der Waals surface area contributed by atoms with Crippen molar-refractivity contribution < 1.29 is 9.90 Å². The highest BCUT2D eigenvalue weighted by Crippen LogP contribution is 2.21. The van der Waals surface area contributed by atoms with E-state index in [0.29, 0.717) is 11.5 Å². The molecule has 104 valence electrons. The third kappa shape index (κ3) is 3.57. The van der Waals surface area contributed by atoms with E-state index in [1.54, 1.807) is 19.1 Å². The second-order valence-corrected chi connectivity index (χ2v) is 5.52. The second-order valence-electron chi connectivity index (χ2n) is 4.61. The van der Waals surface area contributed by atoms with Gasteiger partial charge in [0.2, 0.25) is 0 Å². The van der Waals surface area contributed by atoms with Gasteiger partial charge in [0.15, 0.2) is 0 Å². The summed E-state index contributed by atoms with van der Waals surface area (Å²) in [5.74, 6) is -0.382. The third-order valence-electron chi connectivity index (χ3n) is 2.93. The quantitative estimate of drug-likeness (QED) is 0.886. The summed E-state index contributed by atoms with van der Waals surface area (Å²) in [6.45, 7) is 3.79. The van der Waals surface area contributed by atoms with Crippen LogP contribution in [0.5, 0.6) is 0 Å². The number of rotatable bonds is 4. The molecule has 0 spiro atoms. The Morgan fingerprint density at radius 2 is 1.95 bits per heavy atom. The van der Waals surface area contributed by atoms with E-state index in [2.05, 4.69) is 26.2 Å². The molecule has 0 bridgehead atoms. The van der Waals surface area contributed by atoms with Crippen molar-refractivity contribution in [1.29, 1.82) is 0 Å². The van der Waals surface area contributed by atoms with Crippen LogP contribution in [0.4, 0.5) is 5.82 Å². The van der Waals surface area contributed by atoms with E-state index >= 15 is 0 Å². The Kier molecular flexibility index (Phi) is 4.39. The Labute approximate surface area is 126 Å². The van der Waals surface area contributed by atoms with Crippen molar-refractivity contribution in [2.45, 2.75) is 19.9 Å². The van der Waals surface area contributed by atoms with E-state index in [-0.39, 0.29) is 11.6 Å². The van der Waals surface area contributed by atoms with Gasteiger partial charge in [-0.15, -0.1) is 0 Å². The molecule has 2 aromatic rings. The van der Waals surface area contributed by atoms with Gasteiger partial charge in [0.25, 0.3) is 0 Å². The molecule has 1 unspecified atom stereocenters. The minimum Gasteiger partial charge on any atom is -0.478 e. The zero-order valence-electron chi connectivity index (χ0n) is 11.2. The van der Waals surface area contributed by atoms with Crippen LogP contribution in [-0.2, 0) is 0 Å². The number of carboxylic acids is 1. The summed E-state index contributed by atoms with van der Waals surface area (Å²) in [4.78, 5) is 15.4. The molecular weight excluding hydrogens is 320 g/mol. The molecule has 1 heterocycles. The molecule has 0 amide bonds. The minimum atomic E-state index is -0.949. The highest BCUT2D eigenvalue weighted by Gasteiger charge is 2.10. The number of hydrogen-bond acceptors (Lipinski definition) is 3. The summed E-state index contributed by atoms with van der Waals surface area (Å²) in [7, 11) is 0. The Morgan fingerprint density at radius 1 is 1.30 bits per heavy atom. The van der Waals surface area contributed by atoms with Gasteiger partial charge in [0, 0.05) is 16.2 Å². The number of halogens is 1. The number of hydrogen-bond donors (Lipinski definition) is 2. The van der Waals surface area contributed by atoms with Crippen molar-refractivity contribution in [3.63, 3.8) is 0 Å². The number of aromatic carboxylic acids is 1. The van der Waals surface area contributed by atoms with Crippen LogP contribution < -0.4 is 5.32 Å². The molecule has 2 rings (SSSR count). The predicted octanol–water partition coefficient (Wildman–Crippen LogP) is 4.02. The van der Waals surface area contributed by atoms with Gasteiger partial charge in [-0.25, -0.2) is 9.78 Å². The van der Waals surface area contributed by atoms with Crippen LogP contribution in [0, 0.1) is 6.92 Å². The van der Waals surface area contributed by atoms with Crippen LogP contribution in [0.1, 0.15) is 34.6 Å². The Morgan fingerprint density at radius 3 is 2.55 bits per heavy atom. The van der Waals surface area contributed by atoms with Gasteiger partial charge in [-0.05, 0) is 43.7 Å². The first-order valence-electron chi connectivity index (χ1n) is 6.19. The lowest BCUT2D eigenvalue weighted by Crippen LogP contribution is -2.09. The van der Waals surface area contributed by atoms with Crippen molar-refractivity contribution in [3.8, 4) is 0 Å². The topological polar surface area (TPSA) is 62.2 Å². The second kappa shape index (κ2) is 6.05. The zero-order chi connectivity index (χ0) is 14.7. The molecule has 20 heavy (non-hydrogen) atoms. The Bertz CT molecular complexity index is 626. The lowest BCUT2D eigenvalue weighted by atomic mass is 10.1. The molecule has 0 saturated heterocycles. The molecule has 0 aliphatic heterocycles. The highest BCUT2D eigenvalue weighted by atomic mass is 79.9. The Balaban J connectivity index is 2.21. The molecule has 2 N–H and O–H groups in total. The normalized spacial score (nSPS) is 11.9. The molecule has 4 nitrogen and oxygen atoms in total. The fraction of sp³-hybridized carbons (Fsp3) is 0.200. The number of nitrogens with one attached hydrogen (secondary N) is 1. The molecule has 5 heteroatoms. The maximum Gasteiger partial charge on any atom is 0.335 e. The number of pyridine rings is 1. The highest BCUT2D eigenvalue weighted by molar-refractivity contribution is 9.10. The lowest BCUT2D eigenvalue weighted by Gasteiger charge is -2.16. The molecule has 0 aliphatic rings. The molecule has 0 saturated carbocycles. The van der Waals surface area contributed by atoms with Crippen LogP contribution in [-0.4, -0.2) is 16.1 Å². The smallest absolute Gasteiger partial charge is 0.335 e. The minimum absolute atomic E-state index is 0.0408. The molecule has 0 aliphatic carbocycles. The van der Waals surface area contributed by atoms with Crippen LogP contribution in [0.2, 0.25) is 0 Å². The van der Waals surface area contributed by atoms with E-state index in [1.165, 1.54) is 0 Å². The van der Waals surface area contributed by atoms with Crippen LogP contribution in [0.25, 0.3) is 0 Å². The van der Waals surface area contributed by atoms with Gasteiger partial charge in [-0.3, -0.25) is 0 Å². The van der Waals surface area contributed by atoms with E-state index in [9.17, 15) is 4.79 Å². The van der Waals surface area contributed by atoms with Gasteiger partial charge in [-0.1, -0.05) is 28.1 Å². The largest absolute Gasteiger partial charge is 0.478 e. The summed E-state index contributed by atoms with van der Waals surface area (Å²) in [5, 5.41) is 12.3. The van der Waals surface area contributed by atoms with Crippen LogP contribution in [0.3, 0.4) is 0 Å². The number of carbonyl (C=O) groups is 1. The predicted molar refractivity (Wildman–Crippen MR) is 82.1 cm³/mol. The number of aromatic nitrogens is 1. The number of benzene rings is 1.